The van der Waals surface area contributed by atoms with Crippen LogP contribution >= 0.6 is 0 Å². The summed E-state index contributed by atoms with van der Waals surface area (Å²) in [4.78, 5) is 0. The maximum atomic E-state index is 2.54. The third-order valence-corrected chi connectivity index (χ3v) is 6.62. The Morgan fingerprint density at radius 2 is 0.778 bits per heavy atom. The predicted octanol–water partition coefficient (Wildman–Crippen LogP) is 5.33. The summed E-state index contributed by atoms with van der Waals surface area (Å²) >= 11 is 0. The minimum absolute atomic E-state index is 0.886. The standard InChI is InChI=1S/C18H34/c1-9(2)15-13(7)17(15)11(5)12(6)18-14(8)16(18)10(3)4/h9-18H,1-8H3. The van der Waals surface area contributed by atoms with Gasteiger partial charge in [0.15, 0.2) is 0 Å². The molecule has 18 heavy (non-hydrogen) atoms. The molecule has 0 aliphatic heterocycles. The van der Waals surface area contributed by atoms with Gasteiger partial charge in [0.05, 0.1) is 0 Å². The van der Waals surface area contributed by atoms with Crippen LogP contribution in [0.3, 0.4) is 0 Å². The molecule has 8 atom stereocenters. The van der Waals surface area contributed by atoms with Gasteiger partial charge in [-0.05, 0) is 59.2 Å². The highest BCUT2D eigenvalue weighted by molar-refractivity contribution is 5.05. The van der Waals surface area contributed by atoms with E-state index in [0.717, 1.165) is 59.2 Å². The van der Waals surface area contributed by atoms with Gasteiger partial charge in [0.2, 0.25) is 0 Å². The summed E-state index contributed by atoms with van der Waals surface area (Å²) in [5.41, 5.74) is 0. The zero-order chi connectivity index (χ0) is 13.8. The zero-order valence-electron chi connectivity index (χ0n) is 13.8. The monoisotopic (exact) mass is 250 g/mol. The van der Waals surface area contributed by atoms with Gasteiger partial charge >= 0.3 is 0 Å². The Balaban J connectivity index is 1.93. The van der Waals surface area contributed by atoms with Gasteiger partial charge in [0.25, 0.3) is 0 Å². The molecule has 2 fully saturated rings. The molecule has 0 nitrogen and oxygen atoms in total. The molecule has 2 aliphatic rings. The van der Waals surface area contributed by atoms with Gasteiger partial charge in [-0.15, -0.1) is 0 Å². The van der Waals surface area contributed by atoms with Crippen molar-refractivity contribution in [1.82, 2.24) is 0 Å². The second-order valence-electron chi connectivity index (χ2n) is 8.23. The molecule has 0 heterocycles. The molecule has 0 aromatic rings. The molecule has 2 rings (SSSR count). The Hall–Kier alpha value is 0. The van der Waals surface area contributed by atoms with E-state index in [1.165, 1.54) is 0 Å². The lowest BCUT2D eigenvalue weighted by atomic mass is 9.83. The Bertz CT molecular complexity index is 260. The summed E-state index contributed by atoms with van der Waals surface area (Å²) in [6.07, 6.45) is 0. The molecular weight excluding hydrogens is 216 g/mol. The van der Waals surface area contributed by atoms with E-state index in [0.29, 0.717) is 0 Å². The van der Waals surface area contributed by atoms with Crippen molar-refractivity contribution in [1.29, 1.82) is 0 Å². The summed E-state index contributed by atoms with van der Waals surface area (Å²) in [5, 5.41) is 0. The van der Waals surface area contributed by atoms with Crippen molar-refractivity contribution in [3.8, 4) is 0 Å². The van der Waals surface area contributed by atoms with Gasteiger partial charge in [-0.3, -0.25) is 0 Å². The van der Waals surface area contributed by atoms with E-state index in [1.54, 1.807) is 0 Å². The number of hydrogen-bond donors (Lipinski definition) is 0. The van der Waals surface area contributed by atoms with E-state index in [-0.39, 0.29) is 0 Å². The average Bonchev–Trinajstić information content (AvgIpc) is 3.11. The molecule has 2 aliphatic carbocycles. The highest BCUT2D eigenvalue weighted by Crippen LogP contribution is 2.62. The minimum atomic E-state index is 0.886. The van der Waals surface area contributed by atoms with Crippen LogP contribution in [-0.4, -0.2) is 0 Å². The molecule has 0 saturated heterocycles. The lowest BCUT2D eigenvalue weighted by Gasteiger charge is -2.22. The molecule has 0 spiro atoms. The fourth-order valence-electron chi connectivity index (χ4n) is 5.51. The average molecular weight is 250 g/mol. The highest BCUT2D eigenvalue weighted by Gasteiger charge is 2.57. The van der Waals surface area contributed by atoms with Crippen molar-refractivity contribution >= 4 is 0 Å². The van der Waals surface area contributed by atoms with Crippen LogP contribution in [0.5, 0.6) is 0 Å². The first kappa shape index (κ1) is 14.4. The molecule has 0 aromatic heterocycles. The molecule has 0 heteroatoms. The van der Waals surface area contributed by atoms with Crippen molar-refractivity contribution in [3.63, 3.8) is 0 Å². The Kier molecular flexibility index (Phi) is 3.87. The van der Waals surface area contributed by atoms with Gasteiger partial charge in [-0.1, -0.05) is 55.4 Å². The summed E-state index contributed by atoms with van der Waals surface area (Å²) in [6, 6.07) is 0. The lowest BCUT2D eigenvalue weighted by Crippen LogP contribution is -2.16. The van der Waals surface area contributed by atoms with Crippen LogP contribution in [0.15, 0.2) is 0 Å². The van der Waals surface area contributed by atoms with Crippen molar-refractivity contribution in [2.45, 2.75) is 55.4 Å². The van der Waals surface area contributed by atoms with Crippen LogP contribution in [0.25, 0.3) is 0 Å². The smallest absolute Gasteiger partial charge is 0.0324 e. The molecule has 0 radical (unpaired) electrons. The molecular formula is C18H34. The Labute approximate surface area is 115 Å². The van der Waals surface area contributed by atoms with Crippen LogP contribution in [0.4, 0.5) is 0 Å². The summed E-state index contributed by atoms with van der Waals surface area (Å²) < 4.78 is 0. The second kappa shape index (κ2) is 4.84. The Morgan fingerprint density at radius 1 is 0.500 bits per heavy atom. The third kappa shape index (κ3) is 2.25. The number of hydrogen-bond acceptors (Lipinski definition) is 0. The summed E-state index contributed by atoms with van der Waals surface area (Å²) in [6.45, 7) is 19.7. The third-order valence-electron chi connectivity index (χ3n) is 6.62. The predicted molar refractivity (Wildman–Crippen MR) is 80.3 cm³/mol. The van der Waals surface area contributed by atoms with E-state index in [4.69, 9.17) is 0 Å². The fourth-order valence-corrected chi connectivity index (χ4v) is 5.51. The number of rotatable bonds is 5. The fraction of sp³-hybridized carbons (Fsp3) is 1.00. The van der Waals surface area contributed by atoms with Crippen LogP contribution in [0, 0.1) is 59.2 Å². The van der Waals surface area contributed by atoms with Crippen molar-refractivity contribution < 1.29 is 0 Å². The van der Waals surface area contributed by atoms with E-state index in [9.17, 15) is 0 Å². The van der Waals surface area contributed by atoms with E-state index in [1.807, 2.05) is 0 Å². The molecule has 106 valence electrons. The minimum Gasteiger partial charge on any atom is -0.0625 e. The van der Waals surface area contributed by atoms with E-state index >= 15 is 0 Å². The molecule has 0 amide bonds. The van der Waals surface area contributed by atoms with Gasteiger partial charge < -0.3 is 0 Å². The lowest BCUT2D eigenvalue weighted by molar-refractivity contribution is 0.261. The molecule has 0 bridgehead atoms. The maximum absolute atomic E-state index is 2.54. The highest BCUT2D eigenvalue weighted by atomic mass is 14.6. The molecule has 0 aromatic carbocycles. The van der Waals surface area contributed by atoms with E-state index < -0.39 is 0 Å². The van der Waals surface area contributed by atoms with Crippen LogP contribution < -0.4 is 0 Å². The first-order chi connectivity index (χ1) is 8.29. The zero-order valence-corrected chi connectivity index (χ0v) is 13.8. The first-order valence-electron chi connectivity index (χ1n) is 8.29. The summed E-state index contributed by atoms with van der Waals surface area (Å²) in [7, 11) is 0. The molecule has 0 N–H and O–H groups in total. The van der Waals surface area contributed by atoms with E-state index in [2.05, 4.69) is 55.4 Å². The van der Waals surface area contributed by atoms with Crippen molar-refractivity contribution in [3.05, 3.63) is 0 Å². The Morgan fingerprint density at radius 3 is 0.944 bits per heavy atom. The van der Waals surface area contributed by atoms with Crippen LogP contribution in [0.1, 0.15) is 55.4 Å². The van der Waals surface area contributed by atoms with Crippen molar-refractivity contribution in [2.24, 2.45) is 59.2 Å². The van der Waals surface area contributed by atoms with Gasteiger partial charge in [-0.2, -0.15) is 0 Å². The molecule has 2 saturated carbocycles. The largest absolute Gasteiger partial charge is 0.0625 e. The molecule has 8 unspecified atom stereocenters. The normalized spacial score (nSPS) is 46.3. The SMILES string of the molecule is CC(C)C1C(C)C1C(C)C(C)C1C(C)C1C(C)C. The van der Waals surface area contributed by atoms with Gasteiger partial charge in [-0.25, -0.2) is 0 Å². The van der Waals surface area contributed by atoms with Crippen LogP contribution in [0.2, 0.25) is 0 Å². The quantitative estimate of drug-likeness (QED) is 0.618. The summed E-state index contributed by atoms with van der Waals surface area (Å²) in [5.74, 6) is 9.65. The van der Waals surface area contributed by atoms with Gasteiger partial charge in [0, 0.05) is 0 Å². The first-order valence-corrected chi connectivity index (χ1v) is 8.29. The topological polar surface area (TPSA) is 0 Å². The van der Waals surface area contributed by atoms with Crippen molar-refractivity contribution in [2.75, 3.05) is 0 Å². The maximum Gasteiger partial charge on any atom is -0.0324 e. The second-order valence-corrected chi connectivity index (χ2v) is 8.23. The van der Waals surface area contributed by atoms with Crippen LogP contribution in [-0.2, 0) is 0 Å². The van der Waals surface area contributed by atoms with Gasteiger partial charge in [0.1, 0.15) is 0 Å².